The molecule has 0 saturated carbocycles. The topological polar surface area (TPSA) is 75.4 Å². The maximum absolute atomic E-state index is 11.5. The lowest BCUT2D eigenvalue weighted by Crippen LogP contribution is -2.20. The highest BCUT2D eigenvalue weighted by Gasteiger charge is 2.27. The average molecular weight is 207 g/mol. The summed E-state index contributed by atoms with van der Waals surface area (Å²) in [6.45, 7) is 0. The molecule has 1 aliphatic heterocycles. The van der Waals surface area contributed by atoms with Gasteiger partial charge >= 0.3 is 5.97 Å². The number of nitrogens with zero attached hydrogens (tertiary/aromatic N) is 3. The van der Waals surface area contributed by atoms with E-state index < -0.39 is 5.97 Å². The largest absolute Gasteiger partial charge is 0.478 e. The Balaban J connectivity index is 2.31. The summed E-state index contributed by atoms with van der Waals surface area (Å²) in [5.41, 5.74) is 0.0886. The number of aryl methyl sites for hydroxylation is 1. The van der Waals surface area contributed by atoms with Gasteiger partial charge in [-0.25, -0.2) is 4.79 Å². The van der Waals surface area contributed by atoms with E-state index in [-0.39, 0.29) is 17.9 Å². The fraction of sp³-hybridized carbons (Fsp3) is 0.222. The molecule has 0 fully saturated rings. The van der Waals surface area contributed by atoms with Crippen molar-refractivity contribution < 1.29 is 14.7 Å². The second kappa shape index (κ2) is 3.23. The van der Waals surface area contributed by atoms with Gasteiger partial charge in [-0.3, -0.25) is 14.4 Å². The number of hydrogen-bond donors (Lipinski definition) is 1. The number of hydrogen-bond acceptors (Lipinski definition) is 3. The van der Waals surface area contributed by atoms with Crippen LogP contribution in [0.1, 0.15) is 6.42 Å². The smallest absolute Gasteiger partial charge is 0.333 e. The van der Waals surface area contributed by atoms with Gasteiger partial charge in [0.15, 0.2) is 5.82 Å². The van der Waals surface area contributed by atoms with Gasteiger partial charge in [0.1, 0.15) is 0 Å². The van der Waals surface area contributed by atoms with Crippen LogP contribution >= 0.6 is 0 Å². The molecule has 0 aromatic carbocycles. The highest BCUT2D eigenvalue weighted by Crippen LogP contribution is 2.21. The summed E-state index contributed by atoms with van der Waals surface area (Å²) in [7, 11) is 1.73. The van der Waals surface area contributed by atoms with Crippen molar-refractivity contribution in [1.29, 1.82) is 0 Å². The first-order valence-electron chi connectivity index (χ1n) is 4.33. The second-order valence-corrected chi connectivity index (χ2v) is 3.25. The van der Waals surface area contributed by atoms with Gasteiger partial charge in [0.2, 0.25) is 5.91 Å². The molecule has 1 N–H and O–H groups in total. The summed E-state index contributed by atoms with van der Waals surface area (Å²) in [4.78, 5) is 23.4. The summed E-state index contributed by atoms with van der Waals surface area (Å²) in [6.07, 6.45) is 2.92. The standard InChI is InChI=1S/C9H9N3O3/c1-11-3-2-7(10-11)12-5-6(9(14)15)4-8(12)13/h2-3,5H,4H2,1H3,(H,14,15). The Morgan fingerprint density at radius 2 is 2.33 bits per heavy atom. The third-order valence-corrected chi connectivity index (χ3v) is 2.12. The quantitative estimate of drug-likeness (QED) is 0.747. The number of anilines is 1. The van der Waals surface area contributed by atoms with Gasteiger partial charge in [-0.1, -0.05) is 0 Å². The molecule has 0 spiro atoms. The summed E-state index contributed by atoms with van der Waals surface area (Å²) in [5.74, 6) is -0.897. The van der Waals surface area contributed by atoms with Gasteiger partial charge in [0.25, 0.3) is 0 Å². The molecule has 0 aliphatic carbocycles. The number of aliphatic carboxylic acids is 1. The Kier molecular flexibility index (Phi) is 2.03. The number of rotatable bonds is 2. The lowest BCUT2D eigenvalue weighted by molar-refractivity contribution is -0.133. The average Bonchev–Trinajstić information content (AvgIpc) is 2.71. The lowest BCUT2D eigenvalue weighted by atomic mass is 10.2. The summed E-state index contributed by atoms with van der Waals surface area (Å²) in [5, 5.41) is 12.7. The Morgan fingerprint density at radius 1 is 1.60 bits per heavy atom. The molecule has 6 nitrogen and oxygen atoms in total. The van der Waals surface area contributed by atoms with Crippen LogP contribution in [-0.2, 0) is 16.6 Å². The maximum atomic E-state index is 11.5. The Hall–Kier alpha value is -2.11. The molecule has 6 heteroatoms. The predicted octanol–water partition coefficient (Wildman–Crippen LogP) is 0.125. The zero-order valence-electron chi connectivity index (χ0n) is 8.04. The summed E-state index contributed by atoms with van der Waals surface area (Å²) >= 11 is 0. The van der Waals surface area contributed by atoms with Crippen LogP contribution < -0.4 is 4.90 Å². The van der Waals surface area contributed by atoms with Gasteiger partial charge in [-0.15, -0.1) is 0 Å². The van der Waals surface area contributed by atoms with Crippen molar-refractivity contribution in [1.82, 2.24) is 9.78 Å². The van der Waals surface area contributed by atoms with Crippen molar-refractivity contribution in [2.24, 2.45) is 7.05 Å². The van der Waals surface area contributed by atoms with E-state index in [2.05, 4.69) is 5.10 Å². The maximum Gasteiger partial charge on any atom is 0.333 e. The zero-order chi connectivity index (χ0) is 11.0. The highest BCUT2D eigenvalue weighted by atomic mass is 16.4. The zero-order valence-corrected chi connectivity index (χ0v) is 8.04. The van der Waals surface area contributed by atoms with Crippen molar-refractivity contribution in [3.63, 3.8) is 0 Å². The molecule has 2 rings (SSSR count). The van der Waals surface area contributed by atoms with E-state index in [4.69, 9.17) is 5.11 Å². The Morgan fingerprint density at radius 3 is 2.80 bits per heavy atom. The van der Waals surface area contributed by atoms with Crippen LogP contribution in [0, 0.1) is 0 Å². The number of carbonyl (C=O) groups excluding carboxylic acids is 1. The van der Waals surface area contributed by atoms with E-state index >= 15 is 0 Å². The molecule has 1 aliphatic rings. The van der Waals surface area contributed by atoms with Crippen LogP contribution in [0.4, 0.5) is 5.82 Å². The molecule has 1 aromatic heterocycles. The number of amides is 1. The van der Waals surface area contributed by atoms with Crippen molar-refractivity contribution >= 4 is 17.7 Å². The van der Waals surface area contributed by atoms with Crippen LogP contribution in [0.25, 0.3) is 0 Å². The van der Waals surface area contributed by atoms with E-state index in [1.165, 1.54) is 11.1 Å². The van der Waals surface area contributed by atoms with Crippen molar-refractivity contribution in [3.05, 3.63) is 24.0 Å². The molecule has 0 unspecified atom stereocenters. The van der Waals surface area contributed by atoms with Gasteiger partial charge in [-0.2, -0.15) is 5.10 Å². The van der Waals surface area contributed by atoms with Gasteiger partial charge in [0, 0.05) is 25.5 Å². The lowest BCUT2D eigenvalue weighted by Gasteiger charge is -2.08. The molecule has 0 saturated heterocycles. The number of carbonyl (C=O) groups is 2. The molecule has 0 radical (unpaired) electrons. The summed E-state index contributed by atoms with van der Waals surface area (Å²) in [6, 6.07) is 1.65. The van der Waals surface area contributed by atoms with Crippen LogP contribution in [0.3, 0.4) is 0 Å². The molecule has 78 valence electrons. The van der Waals surface area contributed by atoms with Gasteiger partial charge < -0.3 is 5.11 Å². The van der Waals surface area contributed by atoms with E-state index in [0.717, 1.165) is 0 Å². The number of carboxylic acid groups (broad SMARTS) is 1. The van der Waals surface area contributed by atoms with E-state index in [1.807, 2.05) is 0 Å². The third kappa shape index (κ3) is 1.61. The molecule has 0 bridgehead atoms. The predicted molar refractivity (Wildman–Crippen MR) is 51.0 cm³/mol. The minimum absolute atomic E-state index is 0.0775. The van der Waals surface area contributed by atoms with Crippen molar-refractivity contribution in [2.45, 2.75) is 6.42 Å². The van der Waals surface area contributed by atoms with Crippen molar-refractivity contribution in [2.75, 3.05) is 4.90 Å². The minimum atomic E-state index is -1.07. The molecular formula is C9H9N3O3. The van der Waals surface area contributed by atoms with E-state index in [9.17, 15) is 9.59 Å². The fourth-order valence-electron chi connectivity index (χ4n) is 1.38. The molecule has 2 heterocycles. The van der Waals surface area contributed by atoms with Gasteiger partial charge in [-0.05, 0) is 0 Å². The number of aromatic nitrogens is 2. The minimum Gasteiger partial charge on any atom is -0.478 e. The highest BCUT2D eigenvalue weighted by molar-refractivity contribution is 6.06. The first-order valence-corrected chi connectivity index (χ1v) is 4.33. The molecular weight excluding hydrogens is 198 g/mol. The normalized spacial score (nSPS) is 15.7. The third-order valence-electron chi connectivity index (χ3n) is 2.12. The molecule has 1 aromatic rings. The SMILES string of the molecule is Cn1ccc(N2C=C(C(=O)O)CC2=O)n1. The molecule has 0 atom stereocenters. The van der Waals surface area contributed by atoms with Crippen LogP contribution in [0.5, 0.6) is 0 Å². The molecule has 15 heavy (non-hydrogen) atoms. The van der Waals surface area contributed by atoms with Crippen LogP contribution in [0.15, 0.2) is 24.0 Å². The van der Waals surface area contributed by atoms with E-state index in [1.54, 1.807) is 24.0 Å². The first kappa shape index (κ1) is 9.45. The summed E-state index contributed by atoms with van der Waals surface area (Å²) < 4.78 is 1.55. The van der Waals surface area contributed by atoms with Crippen LogP contribution in [0.2, 0.25) is 0 Å². The fourth-order valence-corrected chi connectivity index (χ4v) is 1.38. The van der Waals surface area contributed by atoms with Gasteiger partial charge in [0.05, 0.1) is 12.0 Å². The Labute approximate surface area is 85.4 Å². The monoisotopic (exact) mass is 207 g/mol. The second-order valence-electron chi connectivity index (χ2n) is 3.25. The first-order chi connectivity index (χ1) is 7.08. The van der Waals surface area contributed by atoms with Crippen molar-refractivity contribution in [3.8, 4) is 0 Å². The number of carboxylic acids is 1. The van der Waals surface area contributed by atoms with Crippen LogP contribution in [-0.4, -0.2) is 26.8 Å². The van der Waals surface area contributed by atoms with E-state index in [0.29, 0.717) is 5.82 Å². The Bertz CT molecular complexity index is 461. The molecule has 1 amide bonds.